The molecule has 0 saturated heterocycles. The molecule has 0 atom stereocenters. The van der Waals surface area contributed by atoms with Crippen LogP contribution < -0.4 is 4.74 Å². The average molecular weight is 213 g/mol. The third kappa shape index (κ3) is 1.87. The van der Waals surface area contributed by atoms with Crippen molar-refractivity contribution in [3.8, 4) is 5.75 Å². The molecular formula is C14H15NO. The van der Waals surface area contributed by atoms with Crippen molar-refractivity contribution < 1.29 is 4.74 Å². The highest BCUT2D eigenvalue weighted by molar-refractivity contribution is 5.76. The van der Waals surface area contributed by atoms with Crippen molar-refractivity contribution in [3.05, 3.63) is 60.4 Å². The van der Waals surface area contributed by atoms with Crippen LogP contribution in [0.15, 0.2) is 49.2 Å². The van der Waals surface area contributed by atoms with Gasteiger partial charge in [-0.15, -0.1) is 0 Å². The van der Waals surface area contributed by atoms with E-state index in [9.17, 15) is 0 Å². The minimum Gasteiger partial charge on any atom is -0.497 e. The summed E-state index contributed by atoms with van der Waals surface area (Å²) in [7, 11) is 3.69. The zero-order valence-electron chi connectivity index (χ0n) is 9.60. The summed E-state index contributed by atoms with van der Waals surface area (Å²) in [5.74, 6) is 0.864. The lowest BCUT2D eigenvalue weighted by Crippen LogP contribution is -1.94. The molecule has 1 heterocycles. The first-order valence-electron chi connectivity index (χ1n) is 5.17. The summed E-state index contributed by atoms with van der Waals surface area (Å²) in [6, 6.07) is 12.0. The van der Waals surface area contributed by atoms with Gasteiger partial charge in [-0.3, -0.25) is 0 Å². The van der Waals surface area contributed by atoms with Gasteiger partial charge in [-0.25, -0.2) is 0 Å². The molecule has 1 aromatic carbocycles. The van der Waals surface area contributed by atoms with Crippen molar-refractivity contribution in [1.29, 1.82) is 0 Å². The lowest BCUT2D eigenvalue weighted by molar-refractivity contribution is 0.415. The molecule has 0 N–H and O–H groups in total. The molecule has 0 fully saturated rings. The van der Waals surface area contributed by atoms with Crippen LogP contribution in [0.5, 0.6) is 5.75 Å². The van der Waals surface area contributed by atoms with Crippen LogP contribution in [-0.4, -0.2) is 11.7 Å². The Morgan fingerprint density at radius 1 is 1.19 bits per heavy atom. The Morgan fingerprint density at radius 2 is 1.88 bits per heavy atom. The molecule has 0 unspecified atom stereocenters. The molecule has 0 bridgehead atoms. The largest absolute Gasteiger partial charge is 0.497 e. The Kier molecular flexibility index (Phi) is 2.82. The third-order valence-electron chi connectivity index (χ3n) is 2.69. The number of hydrogen-bond donors (Lipinski definition) is 0. The molecule has 0 amide bonds. The SMILES string of the molecule is C=C(c1ccc(OC)cc1)c1cccn1C. The molecule has 0 saturated carbocycles. The molecular weight excluding hydrogens is 198 g/mol. The van der Waals surface area contributed by atoms with Gasteiger partial charge in [0, 0.05) is 18.9 Å². The molecule has 16 heavy (non-hydrogen) atoms. The maximum absolute atomic E-state index is 5.13. The molecule has 2 heteroatoms. The summed E-state index contributed by atoms with van der Waals surface area (Å²) >= 11 is 0. The summed E-state index contributed by atoms with van der Waals surface area (Å²) in [4.78, 5) is 0. The zero-order chi connectivity index (χ0) is 11.5. The Labute approximate surface area is 95.8 Å². The van der Waals surface area contributed by atoms with Gasteiger partial charge < -0.3 is 9.30 Å². The standard InChI is InChI=1S/C14H15NO/c1-11(14-5-4-10-15(14)2)12-6-8-13(16-3)9-7-12/h4-10H,1H2,2-3H3. The van der Waals surface area contributed by atoms with Crippen LogP contribution in [0.2, 0.25) is 0 Å². The second-order valence-corrected chi connectivity index (χ2v) is 3.71. The van der Waals surface area contributed by atoms with Gasteiger partial charge in [-0.1, -0.05) is 18.7 Å². The molecule has 2 nitrogen and oxygen atoms in total. The summed E-state index contributed by atoms with van der Waals surface area (Å²) in [5.41, 5.74) is 3.27. The minimum absolute atomic E-state index is 0.864. The fourth-order valence-corrected chi connectivity index (χ4v) is 1.71. The quantitative estimate of drug-likeness (QED) is 0.764. The normalized spacial score (nSPS) is 10.1. The highest BCUT2D eigenvalue weighted by Gasteiger charge is 2.05. The van der Waals surface area contributed by atoms with Gasteiger partial charge in [0.25, 0.3) is 0 Å². The minimum atomic E-state index is 0.864. The van der Waals surface area contributed by atoms with E-state index in [0.29, 0.717) is 0 Å². The molecule has 1 aromatic heterocycles. The molecule has 0 radical (unpaired) electrons. The van der Waals surface area contributed by atoms with E-state index < -0.39 is 0 Å². The zero-order valence-corrected chi connectivity index (χ0v) is 9.60. The predicted molar refractivity (Wildman–Crippen MR) is 66.5 cm³/mol. The molecule has 0 spiro atoms. The van der Waals surface area contributed by atoms with Gasteiger partial charge >= 0.3 is 0 Å². The molecule has 82 valence electrons. The van der Waals surface area contributed by atoms with Gasteiger partial charge in [0.15, 0.2) is 0 Å². The van der Waals surface area contributed by atoms with Crippen LogP contribution >= 0.6 is 0 Å². The van der Waals surface area contributed by atoms with Crippen molar-refractivity contribution in [3.63, 3.8) is 0 Å². The van der Waals surface area contributed by atoms with Crippen molar-refractivity contribution in [2.75, 3.05) is 7.11 Å². The van der Waals surface area contributed by atoms with Gasteiger partial charge in [0.2, 0.25) is 0 Å². The van der Waals surface area contributed by atoms with Gasteiger partial charge in [-0.05, 0) is 35.4 Å². The Hall–Kier alpha value is -1.96. The first kappa shape index (κ1) is 10.6. The number of nitrogens with zero attached hydrogens (tertiary/aromatic N) is 1. The van der Waals surface area contributed by atoms with E-state index in [0.717, 1.165) is 22.6 Å². The number of methoxy groups -OCH3 is 1. The lowest BCUT2D eigenvalue weighted by atomic mass is 10.0. The Morgan fingerprint density at radius 3 is 2.38 bits per heavy atom. The highest BCUT2D eigenvalue weighted by Crippen LogP contribution is 2.23. The summed E-state index contributed by atoms with van der Waals surface area (Å²) in [5, 5.41) is 0. The fourth-order valence-electron chi connectivity index (χ4n) is 1.71. The first-order valence-corrected chi connectivity index (χ1v) is 5.17. The smallest absolute Gasteiger partial charge is 0.118 e. The lowest BCUT2D eigenvalue weighted by Gasteiger charge is -2.08. The highest BCUT2D eigenvalue weighted by atomic mass is 16.5. The maximum Gasteiger partial charge on any atom is 0.118 e. The van der Waals surface area contributed by atoms with Crippen molar-refractivity contribution >= 4 is 5.57 Å². The van der Waals surface area contributed by atoms with E-state index in [-0.39, 0.29) is 0 Å². The number of rotatable bonds is 3. The van der Waals surface area contributed by atoms with Gasteiger partial charge in [-0.2, -0.15) is 0 Å². The van der Waals surface area contributed by atoms with Crippen LogP contribution in [0.1, 0.15) is 11.3 Å². The molecule has 2 aromatic rings. The van der Waals surface area contributed by atoms with E-state index in [2.05, 4.69) is 17.2 Å². The summed E-state index contributed by atoms with van der Waals surface area (Å²) in [6.45, 7) is 4.12. The topological polar surface area (TPSA) is 14.2 Å². The fraction of sp³-hybridized carbons (Fsp3) is 0.143. The van der Waals surface area contributed by atoms with Gasteiger partial charge in [0.1, 0.15) is 5.75 Å². The second-order valence-electron chi connectivity index (χ2n) is 3.71. The van der Waals surface area contributed by atoms with Gasteiger partial charge in [0.05, 0.1) is 7.11 Å². The molecule has 2 rings (SSSR count). The van der Waals surface area contributed by atoms with Crippen molar-refractivity contribution in [2.24, 2.45) is 7.05 Å². The second kappa shape index (κ2) is 4.27. The number of aryl methyl sites for hydroxylation is 1. The monoisotopic (exact) mass is 213 g/mol. The van der Waals surface area contributed by atoms with Crippen LogP contribution in [0, 0.1) is 0 Å². The average Bonchev–Trinajstić information content (AvgIpc) is 2.75. The van der Waals surface area contributed by atoms with Crippen LogP contribution in [0.3, 0.4) is 0 Å². The molecule has 0 aliphatic carbocycles. The summed E-state index contributed by atoms with van der Waals surface area (Å²) < 4.78 is 7.19. The van der Waals surface area contributed by atoms with E-state index in [1.165, 1.54) is 0 Å². The Bertz CT molecular complexity index is 494. The summed E-state index contributed by atoms with van der Waals surface area (Å²) in [6.07, 6.45) is 2.02. The number of ether oxygens (including phenoxy) is 1. The van der Waals surface area contributed by atoms with E-state index in [1.807, 2.05) is 43.6 Å². The van der Waals surface area contributed by atoms with E-state index >= 15 is 0 Å². The van der Waals surface area contributed by atoms with Crippen LogP contribution in [0.4, 0.5) is 0 Å². The first-order chi connectivity index (χ1) is 7.72. The van der Waals surface area contributed by atoms with E-state index in [4.69, 9.17) is 4.74 Å². The van der Waals surface area contributed by atoms with Crippen molar-refractivity contribution in [2.45, 2.75) is 0 Å². The number of hydrogen-bond acceptors (Lipinski definition) is 1. The number of aromatic nitrogens is 1. The number of benzene rings is 1. The van der Waals surface area contributed by atoms with Crippen molar-refractivity contribution in [1.82, 2.24) is 4.57 Å². The third-order valence-corrected chi connectivity index (χ3v) is 2.69. The van der Waals surface area contributed by atoms with Crippen LogP contribution in [0.25, 0.3) is 5.57 Å². The maximum atomic E-state index is 5.13. The molecule has 0 aliphatic heterocycles. The van der Waals surface area contributed by atoms with Crippen LogP contribution in [-0.2, 0) is 7.05 Å². The Balaban J connectivity index is 2.31. The molecule has 0 aliphatic rings. The van der Waals surface area contributed by atoms with E-state index in [1.54, 1.807) is 7.11 Å². The predicted octanol–water partition coefficient (Wildman–Crippen LogP) is 3.10.